The van der Waals surface area contributed by atoms with Gasteiger partial charge in [-0.1, -0.05) is 6.92 Å². The number of likely N-dealkylation sites (N-methyl/N-ethyl adjacent to an activating group) is 1. The number of ether oxygens (including phenoxy) is 2. The molecule has 0 aromatic heterocycles. The van der Waals surface area contributed by atoms with Gasteiger partial charge in [-0.15, -0.1) is 13.2 Å². The van der Waals surface area contributed by atoms with Crippen LogP contribution in [0, 0.1) is 17.6 Å². The van der Waals surface area contributed by atoms with Crippen LogP contribution < -0.4 is 26.0 Å². The third-order valence-corrected chi connectivity index (χ3v) is 10.8. The van der Waals surface area contributed by atoms with E-state index in [2.05, 4.69) is 26.0 Å². The largest absolute Gasteiger partial charge is 0.573 e. The molecule has 2 aromatic carbocycles. The molecular weight excluding hydrogens is 833 g/mol. The number of urea groups is 1. The number of amides is 7. The van der Waals surface area contributed by atoms with E-state index in [9.17, 15) is 60.6 Å². The summed E-state index contributed by atoms with van der Waals surface area (Å²) in [7, 11) is 1.25. The highest BCUT2D eigenvalue weighted by molar-refractivity contribution is 5.98. The predicted octanol–water partition coefficient (Wildman–Crippen LogP) is 1.97. The molecule has 0 saturated carbocycles. The number of esters is 1. The van der Waals surface area contributed by atoms with E-state index in [4.69, 9.17) is 4.74 Å². The number of benzene rings is 2. The minimum atomic E-state index is -4.99. The molecule has 5 rings (SSSR count). The van der Waals surface area contributed by atoms with Crippen molar-refractivity contribution in [1.82, 2.24) is 30.7 Å². The Labute approximate surface area is 352 Å². The fourth-order valence-electron chi connectivity index (χ4n) is 7.88. The van der Waals surface area contributed by atoms with E-state index in [1.54, 1.807) is 6.92 Å². The van der Waals surface area contributed by atoms with Crippen molar-refractivity contribution < 1.29 is 70.1 Å². The Kier molecular flexibility index (Phi) is 14.7. The van der Waals surface area contributed by atoms with Crippen molar-refractivity contribution in [2.45, 2.75) is 108 Å². The smallest absolute Gasteiger partial charge is 0.458 e. The second-order valence-electron chi connectivity index (χ2n) is 15.7. The number of aliphatic hydroxyl groups is 1. The number of anilines is 1. The lowest BCUT2D eigenvalue weighted by Crippen LogP contribution is -2.63. The second-order valence-corrected chi connectivity index (χ2v) is 15.7. The molecule has 3 aliphatic heterocycles. The number of carbonyl (C=O) groups excluding carboxylic acids is 7. The van der Waals surface area contributed by atoms with Crippen LogP contribution in [0.25, 0.3) is 0 Å². The average Bonchev–Trinajstić information content (AvgIpc) is 3.82. The Bertz CT molecular complexity index is 2020. The van der Waals surface area contributed by atoms with Gasteiger partial charge in [0.25, 0.3) is 0 Å². The molecule has 7 amide bonds. The van der Waals surface area contributed by atoms with Crippen molar-refractivity contribution in [2.24, 2.45) is 5.92 Å². The molecule has 0 bridgehead atoms. The summed E-state index contributed by atoms with van der Waals surface area (Å²) in [5.41, 5.74) is -0.186. The van der Waals surface area contributed by atoms with Crippen LogP contribution in [0.5, 0.6) is 5.75 Å². The van der Waals surface area contributed by atoms with E-state index in [0.29, 0.717) is 6.07 Å². The first-order valence-electron chi connectivity index (χ1n) is 19.8. The molecule has 9 atom stereocenters. The maximum atomic E-state index is 14.6. The van der Waals surface area contributed by atoms with Gasteiger partial charge in [-0.05, 0) is 87.9 Å². The number of aliphatic hydroxyl groups excluding tert-OH is 1. The fourth-order valence-corrected chi connectivity index (χ4v) is 7.88. The van der Waals surface area contributed by atoms with Gasteiger partial charge in [0, 0.05) is 38.3 Å². The van der Waals surface area contributed by atoms with E-state index in [1.807, 2.05) is 0 Å². The standard InChI is InChI=1S/C40H48F5N7O10/c1-19-13-30-38(59)61-22(4)31(37(58)51-12-6-7-29(51)36(57)50(5)32(21(3)53)34(55)46-20(2)35(56)52(30)18-19)49-33(54)28(16-23-14-24(41)17-25(42)15-23)48-39(60)47-26-8-10-27(11-9-26)62-40(43,44)45/h8-11,14-15,17,19-22,28-32,53H,6-7,12-13,16,18H2,1-5H3,(H,46,55)(H,49,54)(H2,47,48,60)/t19-,20+,21?,22+,28+,29+,30+,31+,32+/m1/s1. The van der Waals surface area contributed by atoms with Crippen LogP contribution in [-0.4, -0.2) is 136 Å². The summed E-state index contributed by atoms with van der Waals surface area (Å²) in [4.78, 5) is 101. The van der Waals surface area contributed by atoms with Crippen LogP contribution in [0.4, 0.5) is 32.4 Å². The number of alkyl halides is 3. The van der Waals surface area contributed by atoms with Crippen LogP contribution in [0.1, 0.15) is 52.5 Å². The van der Waals surface area contributed by atoms with Crippen molar-refractivity contribution in [3.63, 3.8) is 0 Å². The van der Waals surface area contributed by atoms with Crippen LogP contribution in [-0.2, 0) is 39.9 Å². The number of fused-ring (bicyclic) bond motifs is 2. The maximum Gasteiger partial charge on any atom is 0.573 e. The Morgan fingerprint density at radius 3 is 2.21 bits per heavy atom. The molecule has 3 heterocycles. The first-order valence-corrected chi connectivity index (χ1v) is 19.8. The summed E-state index contributed by atoms with van der Waals surface area (Å²) < 4.78 is 76.2. The van der Waals surface area contributed by atoms with Gasteiger partial charge in [-0.3, -0.25) is 24.0 Å². The summed E-state index contributed by atoms with van der Waals surface area (Å²) in [5.74, 6) is -8.21. The minimum Gasteiger partial charge on any atom is -0.458 e. The minimum absolute atomic E-state index is 0.0411. The Hall–Kier alpha value is -6.06. The third-order valence-electron chi connectivity index (χ3n) is 10.8. The van der Waals surface area contributed by atoms with E-state index in [0.717, 1.165) is 46.2 Å². The number of halogens is 5. The lowest BCUT2D eigenvalue weighted by molar-refractivity contribution is -0.274. The number of nitrogens with one attached hydrogen (secondary N) is 4. The van der Waals surface area contributed by atoms with Gasteiger partial charge in [-0.25, -0.2) is 18.4 Å². The zero-order chi connectivity index (χ0) is 45.8. The highest BCUT2D eigenvalue weighted by Gasteiger charge is 2.47. The van der Waals surface area contributed by atoms with Crippen molar-refractivity contribution in [3.05, 3.63) is 59.7 Å². The summed E-state index contributed by atoms with van der Waals surface area (Å²) in [5, 5.41) is 20.4. The molecule has 17 nitrogen and oxygen atoms in total. The van der Waals surface area contributed by atoms with Crippen LogP contribution in [0.3, 0.4) is 0 Å². The number of hydrogen-bond acceptors (Lipinski definition) is 10. The van der Waals surface area contributed by atoms with E-state index in [-0.39, 0.29) is 49.5 Å². The number of hydrogen-bond donors (Lipinski definition) is 5. The maximum absolute atomic E-state index is 14.6. The van der Waals surface area contributed by atoms with Crippen LogP contribution in [0.2, 0.25) is 0 Å². The Balaban J connectivity index is 1.49. The molecule has 3 saturated heterocycles. The van der Waals surface area contributed by atoms with Crippen LogP contribution >= 0.6 is 0 Å². The molecule has 338 valence electrons. The van der Waals surface area contributed by atoms with Gasteiger partial charge >= 0.3 is 18.4 Å². The van der Waals surface area contributed by atoms with Crippen LogP contribution in [0.15, 0.2) is 42.5 Å². The van der Waals surface area contributed by atoms with Gasteiger partial charge in [0.2, 0.25) is 29.5 Å². The van der Waals surface area contributed by atoms with Crippen molar-refractivity contribution in [1.29, 1.82) is 0 Å². The second kappa shape index (κ2) is 19.3. The number of cyclic esters (lactones) is 1. The molecule has 62 heavy (non-hydrogen) atoms. The third kappa shape index (κ3) is 11.4. The van der Waals surface area contributed by atoms with E-state index in [1.165, 1.54) is 32.7 Å². The first kappa shape index (κ1) is 47.0. The van der Waals surface area contributed by atoms with Crippen molar-refractivity contribution in [3.8, 4) is 5.75 Å². The van der Waals surface area contributed by atoms with Gasteiger partial charge in [-0.2, -0.15) is 0 Å². The fraction of sp³-hybridized carbons (Fsp3) is 0.525. The topological polar surface area (TPSA) is 216 Å². The molecular formula is C40H48F5N7O10. The Morgan fingerprint density at radius 2 is 1.60 bits per heavy atom. The zero-order valence-corrected chi connectivity index (χ0v) is 34.3. The Morgan fingerprint density at radius 1 is 0.952 bits per heavy atom. The molecule has 5 N–H and O–H groups in total. The lowest BCUT2D eigenvalue weighted by atomic mass is 10.0. The van der Waals surface area contributed by atoms with E-state index < -0.39 is 120 Å². The van der Waals surface area contributed by atoms with Crippen molar-refractivity contribution in [2.75, 3.05) is 25.5 Å². The average molecular weight is 882 g/mol. The monoisotopic (exact) mass is 881 g/mol. The SMILES string of the molecule is CC(O)[C@H]1C(=O)N[C@@H](C)C(=O)N2C[C@H](C)C[C@H]2C(=O)O[C@@H](C)[C@H](NC(=O)[C@H](Cc2cc(F)cc(F)c2)NC(=O)Nc2ccc(OC(F)(F)F)cc2)C(=O)N2CCC[C@H]2C(=O)N1C. The highest BCUT2D eigenvalue weighted by atomic mass is 19.4. The first-order chi connectivity index (χ1) is 29.0. The summed E-state index contributed by atoms with van der Waals surface area (Å²) >= 11 is 0. The summed E-state index contributed by atoms with van der Waals surface area (Å²) in [6, 6.07) is -3.54. The molecule has 3 fully saturated rings. The number of nitrogens with zero attached hydrogens (tertiary/aromatic N) is 3. The van der Waals surface area contributed by atoms with Gasteiger partial charge in [0.05, 0.1) is 6.10 Å². The molecule has 0 aliphatic carbocycles. The molecule has 0 spiro atoms. The normalized spacial score (nSPS) is 26.2. The molecule has 22 heteroatoms. The molecule has 2 aromatic rings. The zero-order valence-electron chi connectivity index (χ0n) is 34.3. The lowest BCUT2D eigenvalue weighted by Gasteiger charge is -2.37. The number of rotatable bonds is 8. The molecule has 0 radical (unpaired) electrons. The van der Waals surface area contributed by atoms with Gasteiger partial charge in [0.1, 0.15) is 59.7 Å². The predicted molar refractivity (Wildman–Crippen MR) is 206 cm³/mol. The van der Waals surface area contributed by atoms with Crippen molar-refractivity contribution >= 4 is 47.2 Å². The summed E-state index contributed by atoms with van der Waals surface area (Å²) in [6.07, 6.45) is -8.05. The van der Waals surface area contributed by atoms with E-state index >= 15 is 0 Å². The molecule has 3 aliphatic rings. The quantitative estimate of drug-likeness (QED) is 0.192. The number of carbonyl (C=O) groups is 7. The highest BCUT2D eigenvalue weighted by Crippen LogP contribution is 2.28. The molecule has 1 unspecified atom stereocenters. The van der Waals surface area contributed by atoms with Gasteiger partial charge < -0.3 is 50.5 Å². The summed E-state index contributed by atoms with van der Waals surface area (Å²) in [6.45, 7) is 5.75. The van der Waals surface area contributed by atoms with Gasteiger partial charge in [0.15, 0.2) is 0 Å².